The lowest BCUT2D eigenvalue weighted by atomic mass is 10.2. The van der Waals surface area contributed by atoms with E-state index in [2.05, 4.69) is 10.1 Å². The maximum Gasteiger partial charge on any atom is 0.163 e. The van der Waals surface area contributed by atoms with E-state index >= 15 is 0 Å². The van der Waals surface area contributed by atoms with Gasteiger partial charge in [-0.05, 0) is 19.9 Å². The van der Waals surface area contributed by atoms with Crippen molar-refractivity contribution in [2.24, 2.45) is 7.05 Å². The SMILES string of the molecule is CC(C)=CC(=O)Cc1ncnn1C. The highest BCUT2D eigenvalue weighted by Gasteiger charge is 2.04. The number of rotatable bonds is 3. The molecular formula is C9H13N3O. The molecular weight excluding hydrogens is 166 g/mol. The molecule has 4 nitrogen and oxygen atoms in total. The largest absolute Gasteiger partial charge is 0.294 e. The molecule has 70 valence electrons. The second-order valence-corrected chi connectivity index (χ2v) is 3.16. The molecule has 0 aliphatic carbocycles. The van der Waals surface area contributed by atoms with E-state index in [4.69, 9.17) is 0 Å². The molecule has 0 saturated carbocycles. The van der Waals surface area contributed by atoms with E-state index in [9.17, 15) is 4.79 Å². The Hall–Kier alpha value is -1.45. The Morgan fingerprint density at radius 1 is 1.62 bits per heavy atom. The van der Waals surface area contributed by atoms with Crippen LogP contribution in [0.2, 0.25) is 0 Å². The van der Waals surface area contributed by atoms with E-state index in [0.717, 1.165) is 5.57 Å². The Morgan fingerprint density at radius 2 is 2.31 bits per heavy atom. The van der Waals surface area contributed by atoms with Crippen LogP contribution in [0.1, 0.15) is 19.7 Å². The second kappa shape index (κ2) is 3.98. The number of carbonyl (C=O) groups is 1. The molecule has 0 fully saturated rings. The van der Waals surface area contributed by atoms with Gasteiger partial charge in [-0.3, -0.25) is 9.48 Å². The summed E-state index contributed by atoms with van der Waals surface area (Å²) in [6.07, 6.45) is 3.39. The first-order valence-electron chi connectivity index (χ1n) is 4.10. The molecule has 0 amide bonds. The van der Waals surface area contributed by atoms with Gasteiger partial charge in [-0.15, -0.1) is 0 Å². The van der Waals surface area contributed by atoms with E-state index in [1.807, 2.05) is 13.8 Å². The van der Waals surface area contributed by atoms with Crippen LogP contribution in [0.15, 0.2) is 18.0 Å². The van der Waals surface area contributed by atoms with Crippen molar-refractivity contribution < 1.29 is 4.79 Å². The van der Waals surface area contributed by atoms with Gasteiger partial charge in [0.05, 0.1) is 6.42 Å². The average molecular weight is 179 g/mol. The first kappa shape index (κ1) is 9.64. The third-order valence-electron chi connectivity index (χ3n) is 1.59. The number of hydrogen-bond acceptors (Lipinski definition) is 3. The molecule has 0 bridgehead atoms. The van der Waals surface area contributed by atoms with Crippen molar-refractivity contribution in [3.63, 3.8) is 0 Å². The predicted molar refractivity (Wildman–Crippen MR) is 49.1 cm³/mol. The minimum Gasteiger partial charge on any atom is -0.294 e. The normalized spacial score (nSPS) is 9.77. The molecule has 0 spiro atoms. The second-order valence-electron chi connectivity index (χ2n) is 3.16. The molecule has 0 unspecified atom stereocenters. The fourth-order valence-corrected chi connectivity index (χ4v) is 1.01. The van der Waals surface area contributed by atoms with Gasteiger partial charge in [-0.2, -0.15) is 5.10 Å². The Morgan fingerprint density at radius 3 is 2.77 bits per heavy atom. The van der Waals surface area contributed by atoms with Crippen molar-refractivity contribution in [1.82, 2.24) is 14.8 Å². The zero-order valence-corrected chi connectivity index (χ0v) is 8.11. The smallest absolute Gasteiger partial charge is 0.163 e. The maximum atomic E-state index is 11.3. The van der Waals surface area contributed by atoms with Crippen LogP contribution in [0.3, 0.4) is 0 Å². The van der Waals surface area contributed by atoms with Crippen LogP contribution in [0.5, 0.6) is 0 Å². The van der Waals surface area contributed by atoms with E-state index in [1.165, 1.54) is 6.33 Å². The number of hydrogen-bond donors (Lipinski definition) is 0. The highest BCUT2D eigenvalue weighted by atomic mass is 16.1. The monoisotopic (exact) mass is 179 g/mol. The minimum absolute atomic E-state index is 0.0658. The van der Waals surface area contributed by atoms with Gasteiger partial charge in [-0.1, -0.05) is 5.57 Å². The maximum absolute atomic E-state index is 11.3. The number of nitrogens with zero attached hydrogens (tertiary/aromatic N) is 3. The first-order valence-corrected chi connectivity index (χ1v) is 4.10. The van der Waals surface area contributed by atoms with Gasteiger partial charge in [0.25, 0.3) is 0 Å². The van der Waals surface area contributed by atoms with Crippen LogP contribution in [0, 0.1) is 0 Å². The topological polar surface area (TPSA) is 47.8 Å². The summed E-state index contributed by atoms with van der Waals surface area (Å²) in [7, 11) is 1.78. The Balaban J connectivity index is 2.66. The van der Waals surface area contributed by atoms with Crippen molar-refractivity contribution in [3.05, 3.63) is 23.8 Å². The van der Waals surface area contributed by atoms with Gasteiger partial charge >= 0.3 is 0 Å². The Kier molecular flexibility index (Phi) is 2.95. The summed E-state index contributed by atoms with van der Waals surface area (Å²) < 4.78 is 1.61. The van der Waals surface area contributed by atoms with Crippen LogP contribution in [0.4, 0.5) is 0 Å². The molecule has 4 heteroatoms. The van der Waals surface area contributed by atoms with Crippen molar-refractivity contribution in [2.45, 2.75) is 20.3 Å². The molecule has 0 N–H and O–H groups in total. The molecule has 0 radical (unpaired) electrons. The molecule has 13 heavy (non-hydrogen) atoms. The summed E-state index contributed by atoms with van der Waals surface area (Å²) in [5.74, 6) is 0.763. The van der Waals surface area contributed by atoms with Gasteiger partial charge in [0.1, 0.15) is 12.2 Å². The van der Waals surface area contributed by atoms with Crippen molar-refractivity contribution >= 4 is 5.78 Å². The van der Waals surface area contributed by atoms with Crippen molar-refractivity contribution in [3.8, 4) is 0 Å². The summed E-state index contributed by atoms with van der Waals surface area (Å²) in [6, 6.07) is 0. The summed E-state index contributed by atoms with van der Waals surface area (Å²) >= 11 is 0. The quantitative estimate of drug-likeness (QED) is 0.647. The standard InChI is InChI=1S/C9H13N3O/c1-7(2)4-8(13)5-9-10-6-11-12(9)3/h4,6H,5H2,1-3H3. The number of carbonyl (C=O) groups excluding carboxylic acids is 1. The highest BCUT2D eigenvalue weighted by molar-refractivity contribution is 5.91. The lowest BCUT2D eigenvalue weighted by Gasteiger charge is -1.96. The van der Waals surface area contributed by atoms with Crippen LogP contribution in [-0.4, -0.2) is 20.5 Å². The number of aromatic nitrogens is 3. The summed E-state index contributed by atoms with van der Waals surface area (Å²) in [4.78, 5) is 15.3. The minimum atomic E-state index is 0.0658. The fourth-order valence-electron chi connectivity index (χ4n) is 1.01. The van der Waals surface area contributed by atoms with Gasteiger partial charge < -0.3 is 0 Å². The van der Waals surface area contributed by atoms with Crippen molar-refractivity contribution in [1.29, 1.82) is 0 Å². The predicted octanol–water partition coefficient (Wildman–Crippen LogP) is 0.893. The van der Waals surface area contributed by atoms with Crippen LogP contribution in [0.25, 0.3) is 0 Å². The van der Waals surface area contributed by atoms with E-state index < -0.39 is 0 Å². The molecule has 1 aromatic heterocycles. The number of aryl methyl sites for hydroxylation is 1. The van der Waals surface area contributed by atoms with Crippen LogP contribution < -0.4 is 0 Å². The zero-order chi connectivity index (χ0) is 9.84. The van der Waals surface area contributed by atoms with E-state index in [-0.39, 0.29) is 5.78 Å². The lowest BCUT2D eigenvalue weighted by molar-refractivity contribution is -0.114. The summed E-state index contributed by atoms with van der Waals surface area (Å²) in [5.41, 5.74) is 1.01. The van der Waals surface area contributed by atoms with Crippen molar-refractivity contribution in [2.75, 3.05) is 0 Å². The third kappa shape index (κ3) is 2.82. The lowest BCUT2D eigenvalue weighted by Crippen LogP contribution is -2.06. The fraction of sp³-hybridized carbons (Fsp3) is 0.444. The van der Waals surface area contributed by atoms with Gasteiger partial charge in [-0.25, -0.2) is 4.98 Å². The molecule has 0 aliphatic rings. The van der Waals surface area contributed by atoms with E-state index in [1.54, 1.807) is 17.8 Å². The summed E-state index contributed by atoms with van der Waals surface area (Å²) in [6.45, 7) is 3.79. The van der Waals surface area contributed by atoms with Crippen LogP contribution in [-0.2, 0) is 18.3 Å². The Labute approximate surface area is 77.3 Å². The molecule has 1 heterocycles. The zero-order valence-electron chi connectivity index (χ0n) is 8.11. The molecule has 0 aromatic carbocycles. The van der Waals surface area contributed by atoms with E-state index in [0.29, 0.717) is 12.2 Å². The first-order chi connectivity index (χ1) is 6.09. The van der Waals surface area contributed by atoms with Gasteiger partial charge in [0.15, 0.2) is 5.78 Å². The molecule has 1 aromatic rings. The van der Waals surface area contributed by atoms with Gasteiger partial charge in [0, 0.05) is 7.05 Å². The molecule has 0 atom stereocenters. The van der Waals surface area contributed by atoms with Gasteiger partial charge in [0.2, 0.25) is 0 Å². The number of ketones is 1. The average Bonchev–Trinajstić information content (AvgIpc) is 2.34. The van der Waals surface area contributed by atoms with Crippen LogP contribution >= 0.6 is 0 Å². The highest BCUT2D eigenvalue weighted by Crippen LogP contribution is 1.97. The summed E-state index contributed by atoms with van der Waals surface area (Å²) in [5, 5.41) is 3.88. The third-order valence-corrected chi connectivity index (χ3v) is 1.59. The molecule has 1 rings (SSSR count). The Bertz CT molecular complexity index is 334. The number of allylic oxidation sites excluding steroid dienone is 2. The molecule has 0 aliphatic heterocycles. The molecule has 0 saturated heterocycles.